The molecule has 0 bridgehead atoms. The van der Waals surface area contributed by atoms with Crippen LogP contribution in [0.3, 0.4) is 0 Å². The normalized spacial score (nSPS) is 18.6. The summed E-state index contributed by atoms with van der Waals surface area (Å²) in [5, 5.41) is 0. The summed E-state index contributed by atoms with van der Waals surface area (Å²) in [6.45, 7) is 14.0. The van der Waals surface area contributed by atoms with Gasteiger partial charge in [0, 0.05) is 6.42 Å². The van der Waals surface area contributed by atoms with Crippen molar-refractivity contribution in [2.24, 2.45) is 17.8 Å². The number of rotatable bonds is 21. The molecule has 0 amide bonds. The van der Waals surface area contributed by atoms with Gasteiger partial charge in [-0.2, -0.15) is 0 Å². The van der Waals surface area contributed by atoms with E-state index in [-0.39, 0.29) is 19.6 Å². The summed E-state index contributed by atoms with van der Waals surface area (Å²) in [7, 11) is 0. The van der Waals surface area contributed by atoms with Crippen LogP contribution in [0.15, 0.2) is 0 Å². The van der Waals surface area contributed by atoms with E-state index in [4.69, 9.17) is 28.4 Å². The number of ether oxygens (including phenoxy) is 6. The minimum absolute atomic E-state index is 0.181. The predicted octanol–water partition coefficient (Wildman–Crippen LogP) is 9.38. The van der Waals surface area contributed by atoms with Gasteiger partial charge in [0.1, 0.15) is 18.3 Å². The SMILES string of the molecule is CC(C)CCCCCOC(=O)OC1CCC(OC(=O)OCCCCCC(C)C)C(OC(=O)OCCCCCC(C)C)C1. The van der Waals surface area contributed by atoms with Crippen molar-refractivity contribution in [2.45, 2.75) is 156 Å². The molecule has 246 valence electrons. The fourth-order valence-corrected chi connectivity index (χ4v) is 4.88. The Hall–Kier alpha value is -2.19. The van der Waals surface area contributed by atoms with E-state index in [2.05, 4.69) is 41.5 Å². The molecule has 0 aromatic rings. The van der Waals surface area contributed by atoms with Crippen molar-refractivity contribution in [1.29, 1.82) is 0 Å². The molecule has 1 aliphatic rings. The number of hydrogen-bond donors (Lipinski definition) is 0. The van der Waals surface area contributed by atoms with Gasteiger partial charge in [0.15, 0.2) is 0 Å². The summed E-state index contributed by atoms with van der Waals surface area (Å²) in [5.74, 6) is 1.97. The highest BCUT2D eigenvalue weighted by atomic mass is 16.8. The summed E-state index contributed by atoms with van der Waals surface area (Å²) in [4.78, 5) is 37.1. The van der Waals surface area contributed by atoms with Gasteiger partial charge in [-0.05, 0) is 49.9 Å². The molecule has 1 rings (SSSR count). The van der Waals surface area contributed by atoms with Gasteiger partial charge in [-0.15, -0.1) is 0 Å². The van der Waals surface area contributed by atoms with Crippen LogP contribution in [0.2, 0.25) is 0 Å². The molecule has 1 fully saturated rings. The van der Waals surface area contributed by atoms with Gasteiger partial charge >= 0.3 is 18.5 Å². The second kappa shape index (κ2) is 23.3. The summed E-state index contributed by atoms with van der Waals surface area (Å²) in [5.41, 5.74) is 0. The Labute approximate surface area is 255 Å². The van der Waals surface area contributed by atoms with Crippen molar-refractivity contribution in [3.05, 3.63) is 0 Å². The number of carbonyl (C=O) groups is 3. The van der Waals surface area contributed by atoms with Gasteiger partial charge < -0.3 is 28.4 Å². The first-order valence-electron chi connectivity index (χ1n) is 16.6. The van der Waals surface area contributed by atoms with E-state index in [0.717, 1.165) is 77.0 Å². The molecule has 0 saturated heterocycles. The molecular weight excluding hydrogens is 540 g/mol. The average Bonchev–Trinajstić information content (AvgIpc) is 2.91. The Morgan fingerprint density at radius 1 is 0.500 bits per heavy atom. The van der Waals surface area contributed by atoms with Crippen LogP contribution in [-0.2, 0) is 28.4 Å². The molecule has 9 heteroatoms. The summed E-state index contributed by atoms with van der Waals surface area (Å²) < 4.78 is 32.4. The van der Waals surface area contributed by atoms with Crippen LogP contribution in [0, 0.1) is 17.8 Å². The van der Waals surface area contributed by atoms with Gasteiger partial charge in [0.2, 0.25) is 0 Å². The number of carbonyl (C=O) groups excluding carboxylic acids is 3. The summed E-state index contributed by atoms with van der Waals surface area (Å²) in [6, 6.07) is 0. The van der Waals surface area contributed by atoms with Crippen molar-refractivity contribution in [1.82, 2.24) is 0 Å². The molecule has 0 heterocycles. The molecule has 0 aromatic heterocycles. The highest BCUT2D eigenvalue weighted by Gasteiger charge is 2.38. The van der Waals surface area contributed by atoms with E-state index in [0.29, 0.717) is 37.2 Å². The topological polar surface area (TPSA) is 107 Å². The van der Waals surface area contributed by atoms with Crippen LogP contribution in [0.5, 0.6) is 0 Å². The third-order valence-corrected chi connectivity index (χ3v) is 7.38. The quantitative estimate of drug-likeness (QED) is 0.0723. The summed E-state index contributed by atoms with van der Waals surface area (Å²) in [6.07, 6.45) is 8.58. The van der Waals surface area contributed by atoms with Crippen LogP contribution in [0.4, 0.5) is 14.4 Å². The third kappa shape index (κ3) is 20.6. The van der Waals surface area contributed by atoms with E-state index in [9.17, 15) is 14.4 Å². The van der Waals surface area contributed by atoms with E-state index in [1.807, 2.05) is 0 Å². The van der Waals surface area contributed by atoms with Gasteiger partial charge in [0.25, 0.3) is 0 Å². The van der Waals surface area contributed by atoms with Crippen molar-refractivity contribution in [3.63, 3.8) is 0 Å². The van der Waals surface area contributed by atoms with Gasteiger partial charge in [0.05, 0.1) is 19.8 Å². The Morgan fingerprint density at radius 3 is 1.29 bits per heavy atom. The lowest BCUT2D eigenvalue weighted by molar-refractivity contribution is -0.0983. The second-order valence-corrected chi connectivity index (χ2v) is 12.9. The molecule has 1 saturated carbocycles. The Morgan fingerprint density at radius 2 is 0.881 bits per heavy atom. The first kappa shape index (κ1) is 37.8. The monoisotopic (exact) mass is 600 g/mol. The van der Waals surface area contributed by atoms with Gasteiger partial charge in [-0.1, -0.05) is 99.3 Å². The van der Waals surface area contributed by atoms with Crippen LogP contribution < -0.4 is 0 Å². The smallest absolute Gasteiger partial charge is 0.434 e. The van der Waals surface area contributed by atoms with Crippen molar-refractivity contribution in [2.75, 3.05) is 19.8 Å². The van der Waals surface area contributed by atoms with Crippen molar-refractivity contribution in [3.8, 4) is 0 Å². The maximum absolute atomic E-state index is 12.5. The maximum Gasteiger partial charge on any atom is 0.508 e. The number of unbranched alkanes of at least 4 members (excludes halogenated alkanes) is 6. The minimum atomic E-state index is -0.820. The molecule has 3 atom stereocenters. The van der Waals surface area contributed by atoms with E-state index >= 15 is 0 Å². The zero-order chi connectivity index (χ0) is 31.2. The largest absolute Gasteiger partial charge is 0.508 e. The lowest BCUT2D eigenvalue weighted by Crippen LogP contribution is -2.43. The van der Waals surface area contributed by atoms with Gasteiger partial charge in [-0.3, -0.25) is 0 Å². The zero-order valence-corrected chi connectivity index (χ0v) is 27.4. The second-order valence-electron chi connectivity index (χ2n) is 12.9. The highest BCUT2D eigenvalue weighted by molar-refractivity contribution is 5.62. The summed E-state index contributed by atoms with van der Waals surface area (Å²) >= 11 is 0. The first-order chi connectivity index (χ1) is 20.1. The lowest BCUT2D eigenvalue weighted by atomic mass is 9.92. The highest BCUT2D eigenvalue weighted by Crippen LogP contribution is 2.28. The Balaban J connectivity index is 2.52. The van der Waals surface area contributed by atoms with Crippen molar-refractivity contribution < 1.29 is 42.8 Å². The lowest BCUT2D eigenvalue weighted by Gasteiger charge is -2.33. The van der Waals surface area contributed by atoms with Gasteiger partial charge in [-0.25, -0.2) is 14.4 Å². The van der Waals surface area contributed by atoms with Crippen LogP contribution in [0.25, 0.3) is 0 Å². The van der Waals surface area contributed by atoms with E-state index in [1.54, 1.807) is 0 Å². The molecule has 1 aliphatic carbocycles. The standard InChI is InChI=1S/C33H60O9/c1-25(2)16-10-7-13-21-37-31(34)40-28-19-20-29(41-32(35)38-22-14-8-11-17-26(3)4)30(24-28)42-33(36)39-23-15-9-12-18-27(5)6/h25-30H,7-24H2,1-6H3. The molecule has 9 nitrogen and oxygen atoms in total. The maximum atomic E-state index is 12.5. The Kier molecular flexibility index (Phi) is 21.0. The number of hydrogen-bond acceptors (Lipinski definition) is 9. The van der Waals surface area contributed by atoms with Crippen LogP contribution >= 0.6 is 0 Å². The fourth-order valence-electron chi connectivity index (χ4n) is 4.88. The predicted molar refractivity (Wildman–Crippen MR) is 162 cm³/mol. The molecule has 0 aliphatic heterocycles. The Bertz CT molecular complexity index is 722. The molecule has 0 aromatic carbocycles. The molecule has 0 spiro atoms. The molecular formula is C33H60O9. The first-order valence-corrected chi connectivity index (χ1v) is 16.6. The molecule has 0 N–H and O–H groups in total. The average molecular weight is 601 g/mol. The van der Waals surface area contributed by atoms with E-state index in [1.165, 1.54) is 0 Å². The molecule has 3 unspecified atom stereocenters. The van der Waals surface area contributed by atoms with Crippen molar-refractivity contribution >= 4 is 18.5 Å². The molecule has 42 heavy (non-hydrogen) atoms. The fraction of sp³-hybridized carbons (Fsp3) is 0.909. The van der Waals surface area contributed by atoms with Crippen LogP contribution in [-0.4, -0.2) is 56.6 Å². The van der Waals surface area contributed by atoms with E-state index < -0.39 is 36.8 Å². The molecule has 0 radical (unpaired) electrons. The zero-order valence-electron chi connectivity index (χ0n) is 27.4. The third-order valence-electron chi connectivity index (χ3n) is 7.38. The van der Waals surface area contributed by atoms with Crippen LogP contribution in [0.1, 0.15) is 138 Å². The minimum Gasteiger partial charge on any atom is -0.434 e.